The van der Waals surface area contributed by atoms with Gasteiger partial charge in [0.2, 0.25) is 0 Å². The van der Waals surface area contributed by atoms with E-state index in [1.807, 2.05) is 0 Å². The zero-order valence-corrected chi connectivity index (χ0v) is 9.11. The lowest BCUT2D eigenvalue weighted by atomic mass is 10.2. The molecule has 80 valence electrons. The molecule has 0 spiro atoms. The summed E-state index contributed by atoms with van der Waals surface area (Å²) in [7, 11) is -4.03. The molecule has 1 rings (SSSR count). The Morgan fingerprint density at radius 3 is 2.53 bits per heavy atom. The van der Waals surface area contributed by atoms with Crippen LogP contribution in [-0.2, 0) is 13.9 Å². The lowest BCUT2D eigenvalue weighted by Crippen LogP contribution is -1.93. The van der Waals surface area contributed by atoms with Gasteiger partial charge in [-0.3, -0.25) is 4.57 Å². The van der Waals surface area contributed by atoms with Gasteiger partial charge in [-0.1, -0.05) is 30.3 Å². The molecule has 0 aliphatic rings. The van der Waals surface area contributed by atoms with Crippen molar-refractivity contribution in [3.05, 3.63) is 35.9 Å². The van der Waals surface area contributed by atoms with E-state index in [1.54, 1.807) is 37.3 Å². The highest BCUT2D eigenvalue weighted by molar-refractivity contribution is 7.64. The van der Waals surface area contributed by atoms with Gasteiger partial charge < -0.3 is 9.42 Å². The molecular weight excluding hydrogens is 215 g/mol. The molecule has 1 atom stereocenters. The Labute approximate surface area is 87.7 Å². The van der Waals surface area contributed by atoms with Crippen molar-refractivity contribution >= 4 is 18.9 Å². The van der Waals surface area contributed by atoms with E-state index in [0.29, 0.717) is 5.56 Å². The molecule has 0 aliphatic heterocycles. The minimum Gasteiger partial charge on any atom is -0.320 e. The molecule has 0 aromatic heterocycles. The van der Waals surface area contributed by atoms with Crippen LogP contribution in [0.1, 0.15) is 12.5 Å². The van der Waals surface area contributed by atoms with Crippen molar-refractivity contribution in [1.82, 2.24) is 0 Å². The molecule has 0 amide bonds. The van der Waals surface area contributed by atoms with Gasteiger partial charge in [0.05, 0.1) is 6.61 Å². The van der Waals surface area contributed by atoms with Gasteiger partial charge in [-0.2, -0.15) is 0 Å². The Morgan fingerprint density at radius 1 is 1.47 bits per heavy atom. The molecule has 15 heavy (non-hydrogen) atoms. The molecule has 0 heterocycles. The minimum atomic E-state index is -4.03. The van der Waals surface area contributed by atoms with Crippen LogP contribution in [0.4, 0.5) is 0 Å². The van der Waals surface area contributed by atoms with Gasteiger partial charge in [-0.15, -0.1) is 0 Å². The predicted molar refractivity (Wildman–Crippen MR) is 57.0 cm³/mol. The van der Waals surface area contributed by atoms with Crippen LogP contribution >= 0.6 is 7.60 Å². The molecule has 4 nitrogen and oxygen atoms in total. The number of benzene rings is 1. The fourth-order valence-corrected chi connectivity index (χ4v) is 2.19. The highest BCUT2D eigenvalue weighted by atomic mass is 31.2. The summed E-state index contributed by atoms with van der Waals surface area (Å²) >= 11 is 0. The molecule has 1 unspecified atom stereocenters. The van der Waals surface area contributed by atoms with Crippen LogP contribution in [-0.4, -0.2) is 17.4 Å². The first-order valence-corrected chi connectivity index (χ1v) is 5.98. The van der Waals surface area contributed by atoms with Crippen molar-refractivity contribution in [2.75, 3.05) is 6.61 Å². The Hall–Kier alpha value is -1.18. The quantitative estimate of drug-likeness (QED) is 0.630. The van der Waals surface area contributed by atoms with E-state index in [4.69, 9.17) is 0 Å². The summed E-state index contributed by atoms with van der Waals surface area (Å²) in [6.07, 6.45) is 0. The Morgan fingerprint density at radius 2 is 2.07 bits per heavy atom. The molecule has 0 bridgehead atoms. The van der Waals surface area contributed by atoms with Crippen LogP contribution in [0, 0.1) is 0 Å². The van der Waals surface area contributed by atoms with Crippen molar-refractivity contribution in [2.24, 2.45) is 0 Å². The SMILES string of the molecule is CCOP(=O)(O)C(=C=O)c1ccccc1. The molecule has 5 heteroatoms. The minimum absolute atomic E-state index is 0.0613. The zero-order chi connectivity index (χ0) is 11.3. The van der Waals surface area contributed by atoms with Gasteiger partial charge in [-0.25, -0.2) is 4.79 Å². The highest BCUT2D eigenvalue weighted by Gasteiger charge is 2.27. The predicted octanol–water partition coefficient (Wildman–Crippen LogP) is 2.08. The van der Waals surface area contributed by atoms with Crippen molar-refractivity contribution in [3.63, 3.8) is 0 Å². The topological polar surface area (TPSA) is 63.6 Å². The maximum absolute atomic E-state index is 11.6. The lowest BCUT2D eigenvalue weighted by molar-refractivity contribution is 0.285. The molecule has 1 N–H and O–H groups in total. The maximum atomic E-state index is 11.6. The monoisotopic (exact) mass is 226 g/mol. The summed E-state index contributed by atoms with van der Waals surface area (Å²) in [6.45, 7) is 1.64. The first-order chi connectivity index (χ1) is 7.11. The summed E-state index contributed by atoms with van der Waals surface area (Å²) in [5, 5.41) is -0.329. The second-order valence-electron chi connectivity index (χ2n) is 2.75. The van der Waals surface area contributed by atoms with Crippen molar-refractivity contribution in [3.8, 4) is 0 Å². The molecule has 0 aliphatic carbocycles. The lowest BCUT2D eigenvalue weighted by Gasteiger charge is -2.11. The Kier molecular flexibility index (Phi) is 4.01. The van der Waals surface area contributed by atoms with Gasteiger partial charge >= 0.3 is 7.60 Å². The summed E-state index contributed by atoms with van der Waals surface area (Å²) < 4.78 is 16.2. The van der Waals surface area contributed by atoms with Gasteiger partial charge in [0.15, 0.2) is 5.31 Å². The largest absolute Gasteiger partial charge is 0.370 e. The van der Waals surface area contributed by atoms with Gasteiger partial charge in [-0.05, 0) is 6.92 Å². The third-order valence-electron chi connectivity index (χ3n) is 1.73. The van der Waals surface area contributed by atoms with Crippen molar-refractivity contribution in [2.45, 2.75) is 6.92 Å². The smallest absolute Gasteiger partial charge is 0.320 e. The second-order valence-corrected chi connectivity index (χ2v) is 4.50. The second kappa shape index (κ2) is 5.06. The van der Waals surface area contributed by atoms with Gasteiger partial charge in [0.25, 0.3) is 0 Å². The normalized spacial score (nSPS) is 14.0. The fourth-order valence-electron chi connectivity index (χ4n) is 1.12. The van der Waals surface area contributed by atoms with E-state index < -0.39 is 7.60 Å². The molecule has 0 saturated carbocycles. The number of carbonyl (C=O) groups excluding carboxylic acids is 1. The van der Waals surface area contributed by atoms with Crippen LogP contribution in [0.2, 0.25) is 0 Å². The van der Waals surface area contributed by atoms with E-state index in [-0.39, 0.29) is 11.9 Å². The number of rotatable bonds is 4. The van der Waals surface area contributed by atoms with E-state index in [0.717, 1.165) is 0 Å². The Bertz CT molecular complexity index is 420. The summed E-state index contributed by atoms with van der Waals surface area (Å²) in [5.41, 5.74) is 0.354. The molecule has 0 radical (unpaired) electrons. The molecule has 0 saturated heterocycles. The zero-order valence-electron chi connectivity index (χ0n) is 8.21. The third-order valence-corrected chi connectivity index (χ3v) is 3.25. The maximum Gasteiger partial charge on any atom is 0.370 e. The van der Waals surface area contributed by atoms with Crippen LogP contribution in [0.25, 0.3) is 5.31 Å². The summed E-state index contributed by atoms with van der Waals surface area (Å²) in [5.74, 6) is 1.47. The van der Waals surface area contributed by atoms with Gasteiger partial charge in [0.1, 0.15) is 5.94 Å². The highest BCUT2D eigenvalue weighted by Crippen LogP contribution is 2.54. The molecule has 1 aromatic carbocycles. The van der Waals surface area contributed by atoms with Crippen molar-refractivity contribution < 1.29 is 18.8 Å². The van der Waals surface area contributed by atoms with Crippen LogP contribution in [0.5, 0.6) is 0 Å². The third kappa shape index (κ3) is 2.88. The van der Waals surface area contributed by atoms with E-state index >= 15 is 0 Å². The van der Waals surface area contributed by atoms with Gasteiger partial charge in [0, 0.05) is 5.56 Å². The van der Waals surface area contributed by atoms with Crippen LogP contribution in [0.15, 0.2) is 30.3 Å². The Balaban J connectivity index is 3.13. The summed E-state index contributed by atoms with van der Waals surface area (Å²) in [6, 6.07) is 8.19. The average molecular weight is 226 g/mol. The van der Waals surface area contributed by atoms with Crippen LogP contribution in [0.3, 0.4) is 0 Å². The molecule has 1 aromatic rings. The summed E-state index contributed by atoms with van der Waals surface area (Å²) in [4.78, 5) is 20.1. The van der Waals surface area contributed by atoms with E-state index in [1.165, 1.54) is 5.94 Å². The molecular formula is C10H11O4P. The standard InChI is InChI=1S/C10H11O4P/c1-2-14-15(12,13)10(8-11)9-6-4-3-5-7-9/h3-7H,2H2,1H3,(H,12,13). The number of hydrogen-bond donors (Lipinski definition) is 1. The van der Waals surface area contributed by atoms with Crippen molar-refractivity contribution in [1.29, 1.82) is 0 Å². The van der Waals surface area contributed by atoms with Crippen LogP contribution < -0.4 is 0 Å². The fraction of sp³-hybridized carbons (Fsp3) is 0.200. The first kappa shape index (κ1) is 11.9. The number of hydrogen-bond acceptors (Lipinski definition) is 3. The first-order valence-electron chi connectivity index (χ1n) is 4.40. The average Bonchev–Trinajstić information content (AvgIpc) is 2.19. The molecule has 0 fully saturated rings. The van der Waals surface area contributed by atoms with E-state index in [9.17, 15) is 14.3 Å². The van der Waals surface area contributed by atoms with E-state index in [2.05, 4.69) is 4.52 Å².